The lowest BCUT2D eigenvalue weighted by atomic mass is 9.87. The van der Waals surface area contributed by atoms with Gasteiger partial charge in [-0.15, -0.1) is 11.3 Å². The molecule has 3 N–H and O–H groups in total. The van der Waals surface area contributed by atoms with Gasteiger partial charge in [0.15, 0.2) is 10.5 Å². The number of imidazole rings is 1. The molecule has 1 unspecified atom stereocenters. The minimum atomic E-state index is -1.12. The van der Waals surface area contributed by atoms with Gasteiger partial charge in [0.2, 0.25) is 5.91 Å². The van der Waals surface area contributed by atoms with E-state index in [-0.39, 0.29) is 0 Å². The molecule has 9 heteroatoms. The van der Waals surface area contributed by atoms with Gasteiger partial charge in [-0.3, -0.25) is 18.9 Å². The monoisotopic (exact) mass is 417 g/mol. The number of anilines is 1. The smallest absolute Gasteiger partial charge is 0.249 e. The first-order chi connectivity index (χ1) is 14.5. The molecule has 8 nitrogen and oxygen atoms in total. The third kappa shape index (κ3) is 2.45. The molecular weight excluding hydrogens is 398 g/mol. The van der Waals surface area contributed by atoms with Crippen LogP contribution in [0.1, 0.15) is 31.4 Å². The summed E-state index contributed by atoms with van der Waals surface area (Å²) >= 11 is 1.58. The Labute approximate surface area is 176 Å². The van der Waals surface area contributed by atoms with Crippen molar-refractivity contribution >= 4 is 34.2 Å². The number of hydrogen-bond donors (Lipinski definition) is 2. The number of nitrogens with zero attached hydrogens (tertiary/aromatic N) is 5. The van der Waals surface area contributed by atoms with E-state index in [4.69, 9.17) is 15.8 Å². The number of aromatic nitrogens is 4. The number of benzene rings is 1. The molecule has 3 aromatic heterocycles. The number of fused-ring (bicyclic) bond motifs is 2. The van der Waals surface area contributed by atoms with Crippen LogP contribution in [0.25, 0.3) is 27.6 Å². The predicted molar refractivity (Wildman–Crippen MR) is 117 cm³/mol. The van der Waals surface area contributed by atoms with Crippen LogP contribution in [-0.2, 0) is 10.3 Å². The van der Waals surface area contributed by atoms with Crippen LogP contribution >= 0.6 is 11.3 Å². The molecule has 1 aromatic carbocycles. The second-order valence-corrected chi connectivity index (χ2v) is 8.75. The molecule has 2 aliphatic rings. The van der Waals surface area contributed by atoms with E-state index in [1.165, 1.54) is 19.2 Å². The van der Waals surface area contributed by atoms with E-state index in [9.17, 15) is 4.79 Å². The summed E-state index contributed by atoms with van der Waals surface area (Å²) in [7, 11) is 0. The number of thiazole rings is 1. The fraction of sp³-hybridized carbons (Fsp3) is 0.238. The summed E-state index contributed by atoms with van der Waals surface area (Å²) in [5.74, 6) is -0.490. The molecule has 0 saturated heterocycles. The van der Waals surface area contributed by atoms with E-state index >= 15 is 0 Å². The van der Waals surface area contributed by atoms with Crippen molar-refractivity contribution in [2.24, 2.45) is 10.7 Å². The number of rotatable bonds is 4. The Hall–Kier alpha value is -3.46. The average molecular weight is 417 g/mol. The third-order valence-electron chi connectivity index (χ3n) is 5.87. The summed E-state index contributed by atoms with van der Waals surface area (Å²) in [6.45, 7) is 1.74. The summed E-state index contributed by atoms with van der Waals surface area (Å²) in [4.78, 5) is 22.3. The van der Waals surface area contributed by atoms with Crippen molar-refractivity contribution in [1.29, 1.82) is 0 Å². The molecule has 1 aliphatic carbocycles. The summed E-state index contributed by atoms with van der Waals surface area (Å²) < 4.78 is 4.10. The zero-order valence-corrected chi connectivity index (χ0v) is 17.1. The summed E-state index contributed by atoms with van der Waals surface area (Å²) in [6.07, 6.45) is 7.91. The number of nitrogens with two attached hydrogens (primary N) is 1. The molecule has 150 valence electrons. The number of hydrogen-bond acceptors (Lipinski definition) is 6. The molecule has 6 rings (SSSR count). The average Bonchev–Trinajstić information content (AvgIpc) is 3.13. The van der Waals surface area contributed by atoms with Crippen molar-refractivity contribution in [3.05, 3.63) is 47.6 Å². The fourth-order valence-corrected chi connectivity index (χ4v) is 4.68. The second kappa shape index (κ2) is 6.02. The lowest BCUT2D eigenvalue weighted by Gasteiger charge is -2.28. The van der Waals surface area contributed by atoms with Gasteiger partial charge in [0, 0.05) is 34.6 Å². The Kier molecular flexibility index (Phi) is 3.49. The first-order valence-electron chi connectivity index (χ1n) is 9.81. The van der Waals surface area contributed by atoms with Crippen molar-refractivity contribution in [3.8, 4) is 22.6 Å². The van der Waals surface area contributed by atoms with E-state index in [0.717, 1.165) is 38.9 Å². The van der Waals surface area contributed by atoms with E-state index in [1.807, 2.05) is 46.7 Å². The standard InChI is InChI=1S/C21H19N7OS/c1-21(19(22)29)14-10-12(2-5-15(14)23-11-24-21)18-17(25-20-27(18)8-9-30-20)16-6-7-28(26-16)13-3-4-13/h2,5-11,13H,3-4H2,1H3,(H2,22,29)(H,23,24). The molecule has 0 radical (unpaired) electrons. The first kappa shape index (κ1) is 17.4. The normalized spacial score (nSPS) is 20.3. The van der Waals surface area contributed by atoms with Crippen LogP contribution in [0.2, 0.25) is 0 Å². The van der Waals surface area contributed by atoms with Crippen molar-refractivity contribution in [2.45, 2.75) is 31.3 Å². The SMILES string of the molecule is CC1(C(N)=O)N=CNc2ccc(-c3c(-c4ccn(C5CC5)n4)nc4sccn34)cc21. The second-order valence-electron chi connectivity index (χ2n) is 7.88. The van der Waals surface area contributed by atoms with Gasteiger partial charge < -0.3 is 11.1 Å². The van der Waals surface area contributed by atoms with Crippen molar-refractivity contribution in [1.82, 2.24) is 19.2 Å². The highest BCUT2D eigenvalue weighted by molar-refractivity contribution is 7.15. The molecule has 1 saturated carbocycles. The van der Waals surface area contributed by atoms with Crippen LogP contribution in [0.4, 0.5) is 5.69 Å². The van der Waals surface area contributed by atoms with Gasteiger partial charge in [-0.25, -0.2) is 4.98 Å². The number of primary amides is 1. The van der Waals surface area contributed by atoms with Gasteiger partial charge in [0.05, 0.1) is 18.1 Å². The quantitative estimate of drug-likeness (QED) is 0.531. The molecule has 0 bridgehead atoms. The Morgan fingerprint density at radius 2 is 2.17 bits per heavy atom. The van der Waals surface area contributed by atoms with E-state index in [2.05, 4.69) is 14.7 Å². The van der Waals surface area contributed by atoms with E-state index in [0.29, 0.717) is 6.04 Å². The largest absolute Gasteiger partial charge is 0.367 e. The molecule has 4 aromatic rings. The maximum absolute atomic E-state index is 12.2. The third-order valence-corrected chi connectivity index (χ3v) is 6.63. The zero-order valence-electron chi connectivity index (χ0n) is 16.2. The summed E-state index contributed by atoms with van der Waals surface area (Å²) in [5, 5.41) is 9.90. The first-order valence-corrected chi connectivity index (χ1v) is 10.7. The molecular formula is C21H19N7OS. The lowest BCUT2D eigenvalue weighted by molar-refractivity contribution is -0.122. The van der Waals surface area contributed by atoms with Crippen LogP contribution in [-0.4, -0.2) is 31.4 Å². The summed E-state index contributed by atoms with van der Waals surface area (Å²) in [5.41, 5.74) is 9.70. The molecule has 4 heterocycles. The maximum atomic E-state index is 12.2. The highest BCUT2D eigenvalue weighted by Gasteiger charge is 2.37. The number of nitrogens with one attached hydrogen (secondary N) is 1. The van der Waals surface area contributed by atoms with Crippen molar-refractivity contribution < 1.29 is 4.79 Å². The molecule has 1 amide bonds. The van der Waals surface area contributed by atoms with Crippen LogP contribution in [0.5, 0.6) is 0 Å². The predicted octanol–water partition coefficient (Wildman–Crippen LogP) is 3.42. The fourth-order valence-electron chi connectivity index (χ4n) is 3.96. The lowest BCUT2D eigenvalue weighted by Crippen LogP contribution is -2.39. The van der Waals surface area contributed by atoms with Gasteiger partial charge in [-0.05, 0) is 38.0 Å². The van der Waals surface area contributed by atoms with Crippen molar-refractivity contribution in [2.75, 3.05) is 5.32 Å². The van der Waals surface area contributed by atoms with Crippen LogP contribution in [0.15, 0.2) is 47.0 Å². The van der Waals surface area contributed by atoms with E-state index in [1.54, 1.807) is 18.3 Å². The number of carbonyl (C=O) groups is 1. The minimum absolute atomic E-state index is 0.490. The highest BCUT2D eigenvalue weighted by atomic mass is 32.1. The Bertz CT molecular complexity index is 1340. The number of aliphatic imine (C=N–C) groups is 1. The zero-order chi connectivity index (χ0) is 20.5. The Morgan fingerprint density at radius 1 is 1.30 bits per heavy atom. The Morgan fingerprint density at radius 3 is 2.97 bits per heavy atom. The van der Waals surface area contributed by atoms with Crippen LogP contribution < -0.4 is 11.1 Å². The molecule has 1 fully saturated rings. The molecule has 1 atom stereocenters. The van der Waals surface area contributed by atoms with Crippen molar-refractivity contribution in [3.63, 3.8) is 0 Å². The molecule has 1 aliphatic heterocycles. The van der Waals surface area contributed by atoms with E-state index < -0.39 is 11.4 Å². The highest BCUT2D eigenvalue weighted by Crippen LogP contribution is 2.40. The molecule has 30 heavy (non-hydrogen) atoms. The van der Waals surface area contributed by atoms with Gasteiger partial charge in [-0.1, -0.05) is 6.07 Å². The number of carbonyl (C=O) groups excluding carboxylic acids is 1. The maximum Gasteiger partial charge on any atom is 0.249 e. The van der Waals surface area contributed by atoms with Gasteiger partial charge in [0.25, 0.3) is 0 Å². The van der Waals surface area contributed by atoms with Gasteiger partial charge in [0.1, 0.15) is 11.4 Å². The number of amides is 1. The summed E-state index contributed by atoms with van der Waals surface area (Å²) in [6, 6.07) is 8.48. The van der Waals surface area contributed by atoms with Crippen LogP contribution in [0, 0.1) is 0 Å². The topological polar surface area (TPSA) is 103 Å². The van der Waals surface area contributed by atoms with Crippen LogP contribution in [0.3, 0.4) is 0 Å². The van der Waals surface area contributed by atoms with Gasteiger partial charge in [-0.2, -0.15) is 5.10 Å². The minimum Gasteiger partial charge on any atom is -0.367 e. The molecule has 0 spiro atoms. The van der Waals surface area contributed by atoms with Gasteiger partial charge >= 0.3 is 0 Å². The Balaban J connectivity index is 1.55.